The molecule has 1 aromatic carbocycles. The molecule has 39 heavy (non-hydrogen) atoms. The number of piperazine rings is 1. The summed E-state index contributed by atoms with van der Waals surface area (Å²) in [5.74, 6) is 1.92. The Morgan fingerprint density at radius 2 is 2.00 bits per heavy atom. The van der Waals surface area contributed by atoms with Crippen molar-refractivity contribution in [3.05, 3.63) is 83.2 Å². The molecule has 4 heterocycles. The fourth-order valence-electron chi connectivity index (χ4n) is 4.71. The normalized spacial score (nSPS) is 16.1. The molecule has 2 atom stereocenters. The number of thiophene rings is 1. The minimum Gasteiger partial charge on any atom is -0.497 e. The molecule has 11 heteroatoms. The summed E-state index contributed by atoms with van der Waals surface area (Å²) in [5, 5.41) is 5.11. The van der Waals surface area contributed by atoms with Gasteiger partial charge in [0.05, 0.1) is 25.6 Å². The molecule has 1 aliphatic rings. The molecule has 2 amide bonds. The van der Waals surface area contributed by atoms with E-state index >= 15 is 0 Å². The van der Waals surface area contributed by atoms with Crippen LogP contribution in [0.4, 0.5) is 5.82 Å². The number of imidazole rings is 1. The molecule has 5 rings (SSSR count). The van der Waals surface area contributed by atoms with E-state index in [4.69, 9.17) is 9.72 Å². The van der Waals surface area contributed by atoms with Crippen LogP contribution in [0.2, 0.25) is 0 Å². The van der Waals surface area contributed by atoms with Gasteiger partial charge in [0.15, 0.2) is 0 Å². The summed E-state index contributed by atoms with van der Waals surface area (Å²) >= 11 is 1.61. The van der Waals surface area contributed by atoms with Crippen LogP contribution in [0.1, 0.15) is 29.8 Å². The first-order valence-electron chi connectivity index (χ1n) is 12.8. The molecule has 3 aromatic heterocycles. The predicted molar refractivity (Wildman–Crippen MR) is 149 cm³/mol. The summed E-state index contributed by atoms with van der Waals surface area (Å²) in [4.78, 5) is 44.7. The Morgan fingerprint density at radius 1 is 1.15 bits per heavy atom. The lowest BCUT2D eigenvalue weighted by molar-refractivity contribution is -0.132. The van der Waals surface area contributed by atoms with Gasteiger partial charge in [-0.2, -0.15) is 4.98 Å². The number of hydrogen-bond donors (Lipinski definition) is 1. The van der Waals surface area contributed by atoms with Crippen molar-refractivity contribution < 1.29 is 14.3 Å². The Balaban J connectivity index is 1.33. The van der Waals surface area contributed by atoms with Crippen LogP contribution >= 0.6 is 11.3 Å². The van der Waals surface area contributed by atoms with E-state index in [0.717, 1.165) is 16.2 Å². The summed E-state index contributed by atoms with van der Waals surface area (Å²) in [6.07, 6.45) is 7.32. The van der Waals surface area contributed by atoms with E-state index in [-0.39, 0.29) is 36.7 Å². The van der Waals surface area contributed by atoms with Crippen LogP contribution in [-0.2, 0) is 16.0 Å². The topological polar surface area (TPSA) is 105 Å². The fraction of sp³-hybridized carbons (Fsp3) is 0.321. The van der Waals surface area contributed by atoms with Gasteiger partial charge in [-0.15, -0.1) is 11.3 Å². The Morgan fingerprint density at radius 3 is 2.72 bits per heavy atom. The molecular weight excluding hydrogens is 514 g/mol. The maximum Gasteiger partial charge on any atom is 0.236 e. The van der Waals surface area contributed by atoms with Crippen LogP contribution in [-0.4, -0.2) is 69.0 Å². The zero-order valence-corrected chi connectivity index (χ0v) is 22.8. The molecular formula is C28H31N7O3S. The van der Waals surface area contributed by atoms with Gasteiger partial charge in [-0.05, 0) is 42.1 Å². The average Bonchev–Trinajstić information content (AvgIpc) is 3.69. The van der Waals surface area contributed by atoms with Gasteiger partial charge < -0.3 is 19.9 Å². The van der Waals surface area contributed by atoms with Gasteiger partial charge in [-0.25, -0.2) is 9.97 Å². The number of ether oxygens (including phenoxy) is 1. The number of amides is 2. The average molecular weight is 546 g/mol. The molecule has 0 aliphatic carbocycles. The largest absolute Gasteiger partial charge is 0.497 e. The molecule has 0 radical (unpaired) electrons. The molecule has 2 unspecified atom stereocenters. The van der Waals surface area contributed by atoms with Gasteiger partial charge in [0.2, 0.25) is 17.8 Å². The summed E-state index contributed by atoms with van der Waals surface area (Å²) in [6.45, 7) is 3.48. The standard InChI is InChI=1S/C28H31N7O3S/c1-20(24-4-3-15-39-24)31-26(36)17-22-18-33(27(37)16-21-5-7-23(38-2)8-6-21)13-14-35(22)25-9-10-30-28(32-25)34-12-11-29-19-34/h3-12,15,19-20,22H,13-14,16-18H2,1-2H3,(H,31,36). The van der Waals surface area contributed by atoms with E-state index < -0.39 is 0 Å². The number of carbonyl (C=O) groups is 2. The van der Waals surface area contributed by atoms with Crippen molar-refractivity contribution in [3.8, 4) is 11.7 Å². The summed E-state index contributed by atoms with van der Waals surface area (Å²) < 4.78 is 6.96. The van der Waals surface area contributed by atoms with Crippen molar-refractivity contribution in [2.45, 2.75) is 31.8 Å². The lowest BCUT2D eigenvalue weighted by atomic mass is 10.1. The van der Waals surface area contributed by atoms with E-state index in [9.17, 15) is 9.59 Å². The Labute approximate surface area is 231 Å². The smallest absolute Gasteiger partial charge is 0.236 e. The van der Waals surface area contributed by atoms with Crippen LogP contribution < -0.4 is 15.0 Å². The van der Waals surface area contributed by atoms with Crippen LogP contribution in [0.5, 0.6) is 5.75 Å². The number of benzene rings is 1. The highest BCUT2D eigenvalue weighted by molar-refractivity contribution is 7.10. The Hall–Kier alpha value is -4.25. The fourth-order valence-corrected chi connectivity index (χ4v) is 5.45. The van der Waals surface area contributed by atoms with Gasteiger partial charge in [0.25, 0.3) is 0 Å². The third-order valence-corrected chi connectivity index (χ3v) is 7.83. The van der Waals surface area contributed by atoms with Gasteiger partial charge >= 0.3 is 0 Å². The summed E-state index contributed by atoms with van der Waals surface area (Å²) in [5.41, 5.74) is 0.920. The van der Waals surface area contributed by atoms with Crippen molar-refractivity contribution in [2.75, 3.05) is 31.6 Å². The number of rotatable bonds is 9. The van der Waals surface area contributed by atoms with Crippen molar-refractivity contribution >= 4 is 29.0 Å². The lowest BCUT2D eigenvalue weighted by Crippen LogP contribution is -2.56. The van der Waals surface area contributed by atoms with E-state index in [1.165, 1.54) is 0 Å². The second-order valence-corrected chi connectivity index (χ2v) is 10.4. The first kappa shape index (κ1) is 26.4. The maximum atomic E-state index is 13.3. The molecule has 1 N–H and O–H groups in total. The first-order chi connectivity index (χ1) is 19.0. The van der Waals surface area contributed by atoms with Crippen molar-refractivity contribution in [1.82, 2.24) is 29.7 Å². The van der Waals surface area contributed by atoms with Crippen LogP contribution in [0.15, 0.2) is 72.8 Å². The summed E-state index contributed by atoms with van der Waals surface area (Å²) in [7, 11) is 1.62. The van der Waals surface area contributed by atoms with Gasteiger partial charge in [-0.3, -0.25) is 14.2 Å². The third kappa shape index (κ3) is 6.43. The van der Waals surface area contributed by atoms with E-state index in [1.807, 2.05) is 59.7 Å². The van der Waals surface area contributed by atoms with Crippen molar-refractivity contribution in [3.63, 3.8) is 0 Å². The number of methoxy groups -OCH3 is 1. The molecule has 4 aromatic rings. The molecule has 1 aliphatic heterocycles. The maximum absolute atomic E-state index is 13.3. The number of aromatic nitrogens is 4. The quantitative estimate of drug-likeness (QED) is 0.344. The van der Waals surface area contributed by atoms with Crippen molar-refractivity contribution in [1.29, 1.82) is 0 Å². The predicted octanol–water partition coefficient (Wildman–Crippen LogP) is 3.26. The highest BCUT2D eigenvalue weighted by Crippen LogP contribution is 2.24. The monoisotopic (exact) mass is 545 g/mol. The molecule has 10 nitrogen and oxygen atoms in total. The second-order valence-electron chi connectivity index (χ2n) is 9.41. The Kier molecular flexibility index (Phi) is 8.16. The van der Waals surface area contributed by atoms with Crippen LogP contribution in [0.25, 0.3) is 5.95 Å². The van der Waals surface area contributed by atoms with Crippen molar-refractivity contribution in [2.24, 2.45) is 0 Å². The highest BCUT2D eigenvalue weighted by atomic mass is 32.1. The minimum absolute atomic E-state index is 0.0268. The molecule has 0 bridgehead atoms. The van der Waals surface area contributed by atoms with Gasteiger partial charge in [0.1, 0.15) is 17.9 Å². The number of hydrogen-bond acceptors (Lipinski definition) is 8. The number of anilines is 1. The highest BCUT2D eigenvalue weighted by Gasteiger charge is 2.32. The number of nitrogens with one attached hydrogen (secondary N) is 1. The molecule has 1 fully saturated rings. The second kappa shape index (κ2) is 12.1. The molecule has 0 spiro atoms. The van der Waals surface area contributed by atoms with Gasteiger partial charge in [-0.1, -0.05) is 18.2 Å². The minimum atomic E-state index is -0.250. The van der Waals surface area contributed by atoms with E-state index in [0.29, 0.717) is 31.4 Å². The molecule has 1 saturated heterocycles. The lowest BCUT2D eigenvalue weighted by Gasteiger charge is -2.42. The van der Waals surface area contributed by atoms with E-state index in [2.05, 4.69) is 20.2 Å². The van der Waals surface area contributed by atoms with E-state index in [1.54, 1.807) is 47.9 Å². The zero-order valence-electron chi connectivity index (χ0n) is 21.9. The SMILES string of the molecule is COc1ccc(CC(=O)N2CCN(c3ccnc(-n4ccnc4)n3)C(CC(=O)NC(C)c3cccs3)C2)cc1. The summed E-state index contributed by atoms with van der Waals surface area (Å²) in [6, 6.07) is 13.0. The molecule has 0 saturated carbocycles. The van der Waals surface area contributed by atoms with Crippen LogP contribution in [0, 0.1) is 0 Å². The zero-order chi connectivity index (χ0) is 27.2. The Bertz CT molecular complexity index is 1380. The van der Waals surface area contributed by atoms with Crippen LogP contribution in [0.3, 0.4) is 0 Å². The third-order valence-electron chi connectivity index (χ3n) is 6.78. The molecule has 202 valence electrons. The van der Waals surface area contributed by atoms with Gasteiger partial charge in [0, 0.05) is 49.5 Å². The number of nitrogens with zero attached hydrogens (tertiary/aromatic N) is 6. The first-order valence-corrected chi connectivity index (χ1v) is 13.7. The number of carbonyl (C=O) groups excluding carboxylic acids is 2.